The largest absolute Gasteiger partial charge is 0.354 e. The highest BCUT2D eigenvalue weighted by Gasteiger charge is 2.17. The third-order valence-electron chi connectivity index (χ3n) is 4.87. The second kappa shape index (κ2) is 11.7. The normalized spacial score (nSPS) is 12.6. The lowest BCUT2D eigenvalue weighted by Crippen LogP contribution is -2.26. The lowest BCUT2D eigenvalue weighted by atomic mass is 9.96. The number of aromatic nitrogens is 1. The average molecular weight is 406 g/mol. The van der Waals surface area contributed by atoms with Crippen LogP contribution in [0.5, 0.6) is 0 Å². The second-order valence-electron chi connectivity index (χ2n) is 7.23. The molecule has 30 heavy (non-hydrogen) atoms. The van der Waals surface area contributed by atoms with Crippen LogP contribution in [0.4, 0.5) is 0 Å². The van der Waals surface area contributed by atoms with E-state index in [1.165, 1.54) is 5.57 Å². The summed E-state index contributed by atoms with van der Waals surface area (Å²) in [6.45, 7) is 6.68. The molecule has 1 heterocycles. The minimum Gasteiger partial charge on any atom is -0.354 e. The van der Waals surface area contributed by atoms with E-state index in [9.17, 15) is 9.59 Å². The van der Waals surface area contributed by atoms with Crippen molar-refractivity contribution in [3.05, 3.63) is 88.8 Å². The van der Waals surface area contributed by atoms with Crippen molar-refractivity contribution in [2.75, 3.05) is 13.6 Å². The number of amides is 2. The quantitative estimate of drug-likeness (QED) is 0.598. The summed E-state index contributed by atoms with van der Waals surface area (Å²) in [5.41, 5.74) is 3.64. The molecule has 2 amide bonds. The molecule has 0 radical (unpaired) electrons. The van der Waals surface area contributed by atoms with Gasteiger partial charge in [0.2, 0.25) is 0 Å². The number of carbonyl (C=O) groups is 2. The molecule has 0 fully saturated rings. The molecule has 5 heteroatoms. The van der Waals surface area contributed by atoms with Crippen LogP contribution in [0.2, 0.25) is 0 Å². The third-order valence-corrected chi connectivity index (χ3v) is 4.87. The Labute approximate surface area is 179 Å². The fourth-order valence-corrected chi connectivity index (χ4v) is 2.99. The second-order valence-corrected chi connectivity index (χ2v) is 7.23. The Bertz CT molecular complexity index is 917. The number of nitrogens with zero attached hydrogens (tertiary/aromatic N) is 1. The van der Waals surface area contributed by atoms with Crippen molar-refractivity contribution < 1.29 is 9.59 Å². The Kier molecular flexibility index (Phi) is 9.01. The first-order chi connectivity index (χ1) is 14.5. The minimum atomic E-state index is -0.312. The summed E-state index contributed by atoms with van der Waals surface area (Å²) < 4.78 is 0. The van der Waals surface area contributed by atoms with E-state index in [0.717, 1.165) is 18.4 Å². The van der Waals surface area contributed by atoms with Crippen molar-refractivity contribution in [1.82, 2.24) is 15.6 Å². The van der Waals surface area contributed by atoms with Crippen LogP contribution in [0, 0.1) is 0 Å². The molecule has 158 valence electrons. The van der Waals surface area contributed by atoms with Gasteiger partial charge in [-0.05, 0) is 37.5 Å². The molecule has 1 aromatic carbocycles. The van der Waals surface area contributed by atoms with Gasteiger partial charge in [-0.2, -0.15) is 0 Å². The van der Waals surface area contributed by atoms with E-state index in [1.807, 2.05) is 50.3 Å². The molecular weight excluding hydrogens is 374 g/mol. The van der Waals surface area contributed by atoms with Gasteiger partial charge in [0.15, 0.2) is 0 Å². The number of pyridine rings is 1. The number of nitrogens with one attached hydrogen (secondary N) is 2. The molecule has 2 rings (SSSR count). The molecule has 2 aromatic rings. The van der Waals surface area contributed by atoms with Gasteiger partial charge in [-0.3, -0.25) is 9.59 Å². The fraction of sp³-hybridized carbons (Fsp3) is 0.320. The fourth-order valence-electron chi connectivity index (χ4n) is 2.99. The number of rotatable bonds is 9. The summed E-state index contributed by atoms with van der Waals surface area (Å²) >= 11 is 0. The Morgan fingerprint density at radius 3 is 2.53 bits per heavy atom. The zero-order chi connectivity index (χ0) is 21.9. The van der Waals surface area contributed by atoms with Crippen molar-refractivity contribution in [3.8, 4) is 0 Å². The van der Waals surface area contributed by atoms with Crippen molar-refractivity contribution in [3.63, 3.8) is 0 Å². The molecule has 1 aromatic heterocycles. The summed E-state index contributed by atoms with van der Waals surface area (Å²) in [6.07, 6.45) is 7.95. The first-order valence-electron chi connectivity index (χ1n) is 10.4. The number of benzene rings is 1. The van der Waals surface area contributed by atoms with Gasteiger partial charge < -0.3 is 10.6 Å². The molecule has 0 aliphatic rings. The molecule has 0 saturated carbocycles. The van der Waals surface area contributed by atoms with E-state index in [0.29, 0.717) is 17.8 Å². The monoisotopic (exact) mass is 405 g/mol. The number of carbonyl (C=O) groups excluding carboxylic acids is 2. The van der Waals surface area contributed by atoms with E-state index >= 15 is 0 Å². The molecule has 0 saturated heterocycles. The highest BCUT2D eigenvalue weighted by atomic mass is 16.2. The van der Waals surface area contributed by atoms with Gasteiger partial charge in [0.05, 0.1) is 0 Å². The van der Waals surface area contributed by atoms with Gasteiger partial charge in [0.25, 0.3) is 11.8 Å². The van der Waals surface area contributed by atoms with Gasteiger partial charge in [0, 0.05) is 30.8 Å². The number of hydrogen-bond acceptors (Lipinski definition) is 3. The van der Waals surface area contributed by atoms with Gasteiger partial charge in [-0.15, -0.1) is 0 Å². The van der Waals surface area contributed by atoms with E-state index in [-0.39, 0.29) is 23.4 Å². The number of allylic oxidation sites excluding steroid dienone is 3. The first-order valence-corrected chi connectivity index (χ1v) is 10.4. The Morgan fingerprint density at radius 2 is 1.87 bits per heavy atom. The molecule has 2 N–H and O–H groups in total. The van der Waals surface area contributed by atoms with Gasteiger partial charge >= 0.3 is 0 Å². The van der Waals surface area contributed by atoms with Crippen molar-refractivity contribution >= 4 is 11.8 Å². The van der Waals surface area contributed by atoms with Gasteiger partial charge in [-0.25, -0.2) is 4.98 Å². The molecule has 1 unspecified atom stereocenters. The summed E-state index contributed by atoms with van der Waals surface area (Å²) in [7, 11) is 1.55. The van der Waals surface area contributed by atoms with Gasteiger partial charge in [-0.1, -0.05) is 68.0 Å². The topological polar surface area (TPSA) is 71.1 Å². The highest BCUT2D eigenvalue weighted by molar-refractivity contribution is 5.98. The van der Waals surface area contributed by atoms with Crippen LogP contribution in [0.25, 0.3) is 0 Å². The van der Waals surface area contributed by atoms with E-state index in [4.69, 9.17) is 0 Å². The van der Waals surface area contributed by atoms with E-state index in [2.05, 4.69) is 34.7 Å². The summed E-state index contributed by atoms with van der Waals surface area (Å²) in [5, 5.41) is 5.54. The lowest BCUT2D eigenvalue weighted by Gasteiger charge is -2.15. The summed E-state index contributed by atoms with van der Waals surface area (Å²) in [5.74, 6) is -0.563. The molecule has 0 bridgehead atoms. The standard InChI is InChI=1S/C25H31N3O2/c1-5-6-8-11-18(2)14-15-27-24(29)21-16-22(28-23(17-21)25(30)26-4)19(3)20-12-9-7-10-13-20/h6-13,16-17,19H,5,14-15H2,1-4H3,(H,26,30)(H,27,29)/b8-6+,18-11+. The van der Waals surface area contributed by atoms with Gasteiger partial charge in [0.1, 0.15) is 5.69 Å². The van der Waals surface area contributed by atoms with Crippen LogP contribution in [-0.4, -0.2) is 30.4 Å². The Balaban J connectivity index is 2.19. The Morgan fingerprint density at radius 1 is 1.13 bits per heavy atom. The lowest BCUT2D eigenvalue weighted by molar-refractivity contribution is 0.0954. The predicted molar refractivity (Wildman–Crippen MR) is 122 cm³/mol. The third kappa shape index (κ3) is 6.69. The molecular formula is C25H31N3O2. The zero-order valence-corrected chi connectivity index (χ0v) is 18.2. The van der Waals surface area contributed by atoms with Crippen LogP contribution < -0.4 is 10.6 Å². The maximum absolute atomic E-state index is 12.8. The molecule has 0 aliphatic heterocycles. The van der Waals surface area contributed by atoms with E-state index < -0.39 is 0 Å². The SMILES string of the molecule is CC/C=C/C=C(\C)CCNC(=O)c1cc(C(=O)NC)nc(C(C)c2ccccc2)c1. The summed E-state index contributed by atoms with van der Waals surface area (Å²) in [6, 6.07) is 13.2. The highest BCUT2D eigenvalue weighted by Crippen LogP contribution is 2.23. The van der Waals surface area contributed by atoms with Crippen LogP contribution in [0.15, 0.2) is 66.3 Å². The molecule has 1 atom stereocenters. The van der Waals surface area contributed by atoms with Crippen LogP contribution in [0.1, 0.15) is 71.6 Å². The van der Waals surface area contributed by atoms with Crippen LogP contribution in [0.3, 0.4) is 0 Å². The van der Waals surface area contributed by atoms with Crippen molar-refractivity contribution in [2.24, 2.45) is 0 Å². The molecule has 0 spiro atoms. The minimum absolute atomic E-state index is 0.0436. The smallest absolute Gasteiger partial charge is 0.269 e. The molecule has 0 aliphatic carbocycles. The van der Waals surface area contributed by atoms with Crippen molar-refractivity contribution in [2.45, 2.75) is 39.5 Å². The average Bonchev–Trinajstić information content (AvgIpc) is 2.78. The first kappa shape index (κ1) is 23.1. The maximum atomic E-state index is 12.8. The Hall–Kier alpha value is -3.21. The van der Waals surface area contributed by atoms with Crippen LogP contribution >= 0.6 is 0 Å². The zero-order valence-electron chi connectivity index (χ0n) is 18.2. The maximum Gasteiger partial charge on any atom is 0.269 e. The predicted octanol–water partition coefficient (Wildman–Crippen LogP) is 4.63. The van der Waals surface area contributed by atoms with E-state index in [1.54, 1.807) is 19.2 Å². The summed E-state index contributed by atoms with van der Waals surface area (Å²) in [4.78, 5) is 29.5. The molecule has 5 nitrogen and oxygen atoms in total. The number of hydrogen-bond donors (Lipinski definition) is 2. The van der Waals surface area contributed by atoms with Crippen molar-refractivity contribution in [1.29, 1.82) is 0 Å². The van der Waals surface area contributed by atoms with Crippen LogP contribution in [-0.2, 0) is 0 Å².